The van der Waals surface area contributed by atoms with Gasteiger partial charge in [-0.05, 0) is 19.3 Å². The van der Waals surface area contributed by atoms with Crippen molar-refractivity contribution in [2.75, 3.05) is 13.1 Å². The molecular weight excluding hydrogens is 180 g/mol. The summed E-state index contributed by atoms with van der Waals surface area (Å²) in [5.74, 6) is 0. The van der Waals surface area contributed by atoms with Gasteiger partial charge in [-0.15, -0.1) is 0 Å². The van der Waals surface area contributed by atoms with Crippen molar-refractivity contribution >= 4 is 6.09 Å². The Hall–Kier alpha value is -0.770. The summed E-state index contributed by atoms with van der Waals surface area (Å²) in [6.45, 7) is 1.98. The molecule has 0 aromatic carbocycles. The van der Waals surface area contributed by atoms with Gasteiger partial charge in [0.25, 0.3) is 0 Å². The molecule has 1 saturated carbocycles. The van der Waals surface area contributed by atoms with Crippen LogP contribution >= 0.6 is 0 Å². The van der Waals surface area contributed by atoms with Gasteiger partial charge in [-0.3, -0.25) is 4.90 Å². The molecule has 2 N–H and O–H groups in total. The normalized spacial score (nSPS) is 29.6. The molecule has 1 saturated heterocycles. The van der Waals surface area contributed by atoms with E-state index in [2.05, 4.69) is 10.2 Å². The lowest BCUT2D eigenvalue weighted by Gasteiger charge is -2.23. The van der Waals surface area contributed by atoms with Crippen LogP contribution in [0, 0.1) is 0 Å². The number of amides is 1. The van der Waals surface area contributed by atoms with Gasteiger partial charge >= 0.3 is 6.09 Å². The predicted octanol–water partition coefficient (Wildman–Crippen LogP) is 1.27. The van der Waals surface area contributed by atoms with Gasteiger partial charge in [0, 0.05) is 25.2 Å². The van der Waals surface area contributed by atoms with Gasteiger partial charge in [0.05, 0.1) is 0 Å². The van der Waals surface area contributed by atoms with E-state index in [1.54, 1.807) is 0 Å². The molecule has 1 amide bonds. The summed E-state index contributed by atoms with van der Waals surface area (Å²) in [5, 5.41) is 11.2. The third-order valence-electron chi connectivity index (χ3n) is 3.39. The average Bonchev–Trinajstić information content (AvgIpc) is 2.69. The fraction of sp³-hybridized carbons (Fsp3) is 0.900. The lowest BCUT2D eigenvalue weighted by atomic mass is 10.2. The SMILES string of the molecule is O=C(O)N[C@H]1CCN(C2CCCC2)C1. The second-order valence-electron chi connectivity index (χ2n) is 4.37. The minimum absolute atomic E-state index is 0.160. The van der Waals surface area contributed by atoms with E-state index >= 15 is 0 Å². The van der Waals surface area contributed by atoms with Crippen LogP contribution in [0.2, 0.25) is 0 Å². The molecule has 4 heteroatoms. The summed E-state index contributed by atoms with van der Waals surface area (Å²) in [6.07, 6.45) is 5.39. The molecule has 0 bridgehead atoms. The van der Waals surface area contributed by atoms with Crippen LogP contribution in [0.25, 0.3) is 0 Å². The lowest BCUT2D eigenvalue weighted by molar-refractivity contribution is 0.187. The Balaban J connectivity index is 1.78. The molecule has 0 spiro atoms. The first kappa shape index (κ1) is 9.77. The molecular formula is C10H18N2O2. The smallest absolute Gasteiger partial charge is 0.404 e. The van der Waals surface area contributed by atoms with Crippen molar-refractivity contribution in [3.8, 4) is 0 Å². The van der Waals surface area contributed by atoms with Crippen LogP contribution in [0.15, 0.2) is 0 Å². The highest BCUT2D eigenvalue weighted by Gasteiger charge is 2.30. The topological polar surface area (TPSA) is 52.6 Å². The Morgan fingerprint density at radius 1 is 1.29 bits per heavy atom. The lowest BCUT2D eigenvalue weighted by Crippen LogP contribution is -2.38. The third kappa shape index (κ3) is 2.18. The minimum atomic E-state index is -0.886. The van der Waals surface area contributed by atoms with E-state index in [9.17, 15) is 4.79 Å². The van der Waals surface area contributed by atoms with Crippen molar-refractivity contribution in [3.05, 3.63) is 0 Å². The maximum absolute atomic E-state index is 10.5. The Morgan fingerprint density at radius 3 is 2.64 bits per heavy atom. The molecule has 1 aliphatic carbocycles. The maximum Gasteiger partial charge on any atom is 0.404 e. The molecule has 1 heterocycles. The standard InChI is InChI=1S/C10H18N2O2/c13-10(14)11-8-5-6-12(7-8)9-3-1-2-4-9/h8-9,11H,1-7H2,(H,13,14)/t8-/m0/s1. The van der Waals surface area contributed by atoms with Gasteiger partial charge in [0.15, 0.2) is 0 Å². The number of rotatable bonds is 2. The first-order valence-electron chi connectivity index (χ1n) is 5.49. The van der Waals surface area contributed by atoms with Crippen LogP contribution in [-0.4, -0.2) is 41.3 Å². The van der Waals surface area contributed by atoms with Crippen LogP contribution in [0.1, 0.15) is 32.1 Å². The Kier molecular flexibility index (Phi) is 2.91. The third-order valence-corrected chi connectivity index (χ3v) is 3.39. The van der Waals surface area contributed by atoms with Crippen molar-refractivity contribution in [2.24, 2.45) is 0 Å². The predicted molar refractivity (Wildman–Crippen MR) is 53.4 cm³/mol. The van der Waals surface area contributed by atoms with E-state index in [1.165, 1.54) is 25.7 Å². The monoisotopic (exact) mass is 198 g/mol. The van der Waals surface area contributed by atoms with Gasteiger partial charge in [0.2, 0.25) is 0 Å². The summed E-state index contributed by atoms with van der Waals surface area (Å²) in [4.78, 5) is 12.9. The Labute approximate surface area is 84.3 Å². The van der Waals surface area contributed by atoms with Crippen molar-refractivity contribution in [1.82, 2.24) is 10.2 Å². The molecule has 14 heavy (non-hydrogen) atoms. The van der Waals surface area contributed by atoms with Crippen LogP contribution < -0.4 is 5.32 Å². The van der Waals surface area contributed by atoms with Crippen molar-refractivity contribution in [3.63, 3.8) is 0 Å². The zero-order valence-corrected chi connectivity index (χ0v) is 8.41. The Bertz CT molecular complexity index is 214. The van der Waals surface area contributed by atoms with Crippen molar-refractivity contribution in [2.45, 2.75) is 44.2 Å². The molecule has 2 aliphatic rings. The van der Waals surface area contributed by atoms with E-state index in [4.69, 9.17) is 5.11 Å². The molecule has 1 aliphatic heterocycles. The van der Waals surface area contributed by atoms with Gasteiger partial charge in [-0.1, -0.05) is 12.8 Å². The fourth-order valence-electron chi connectivity index (χ4n) is 2.68. The van der Waals surface area contributed by atoms with Crippen LogP contribution in [0.3, 0.4) is 0 Å². The molecule has 0 aromatic heterocycles. The first-order chi connectivity index (χ1) is 6.75. The largest absolute Gasteiger partial charge is 0.465 e. The molecule has 80 valence electrons. The summed E-state index contributed by atoms with van der Waals surface area (Å²) in [7, 11) is 0. The van der Waals surface area contributed by atoms with Crippen LogP contribution in [-0.2, 0) is 0 Å². The number of nitrogens with one attached hydrogen (secondary N) is 1. The van der Waals surface area contributed by atoms with Gasteiger partial charge < -0.3 is 10.4 Å². The van der Waals surface area contributed by atoms with Gasteiger partial charge in [-0.2, -0.15) is 0 Å². The number of carboxylic acid groups (broad SMARTS) is 1. The zero-order valence-electron chi connectivity index (χ0n) is 8.41. The highest BCUT2D eigenvalue weighted by molar-refractivity contribution is 5.64. The molecule has 0 unspecified atom stereocenters. The molecule has 1 atom stereocenters. The van der Waals surface area contributed by atoms with E-state index in [-0.39, 0.29) is 6.04 Å². The number of nitrogens with zero attached hydrogens (tertiary/aromatic N) is 1. The van der Waals surface area contributed by atoms with E-state index in [0.717, 1.165) is 25.6 Å². The molecule has 2 rings (SSSR count). The second kappa shape index (κ2) is 4.17. The summed E-state index contributed by atoms with van der Waals surface area (Å²) >= 11 is 0. The highest BCUT2D eigenvalue weighted by Crippen LogP contribution is 2.26. The molecule has 2 fully saturated rings. The van der Waals surface area contributed by atoms with E-state index < -0.39 is 6.09 Å². The first-order valence-corrected chi connectivity index (χ1v) is 5.49. The van der Waals surface area contributed by atoms with Crippen molar-refractivity contribution < 1.29 is 9.90 Å². The van der Waals surface area contributed by atoms with Crippen LogP contribution in [0.4, 0.5) is 4.79 Å². The van der Waals surface area contributed by atoms with Crippen molar-refractivity contribution in [1.29, 1.82) is 0 Å². The number of hydrogen-bond donors (Lipinski definition) is 2. The Morgan fingerprint density at radius 2 is 2.00 bits per heavy atom. The molecule has 0 radical (unpaired) electrons. The van der Waals surface area contributed by atoms with E-state index in [1.807, 2.05) is 0 Å². The summed E-state index contributed by atoms with van der Waals surface area (Å²) < 4.78 is 0. The molecule has 0 aromatic rings. The average molecular weight is 198 g/mol. The second-order valence-corrected chi connectivity index (χ2v) is 4.37. The number of hydrogen-bond acceptors (Lipinski definition) is 2. The van der Waals surface area contributed by atoms with Crippen LogP contribution in [0.5, 0.6) is 0 Å². The quantitative estimate of drug-likeness (QED) is 0.702. The minimum Gasteiger partial charge on any atom is -0.465 e. The highest BCUT2D eigenvalue weighted by atomic mass is 16.4. The fourth-order valence-corrected chi connectivity index (χ4v) is 2.68. The zero-order chi connectivity index (χ0) is 9.97. The number of carbonyl (C=O) groups is 1. The maximum atomic E-state index is 10.5. The number of likely N-dealkylation sites (tertiary alicyclic amines) is 1. The summed E-state index contributed by atoms with van der Waals surface area (Å²) in [5.41, 5.74) is 0. The van der Waals surface area contributed by atoms with Gasteiger partial charge in [-0.25, -0.2) is 4.79 Å². The van der Waals surface area contributed by atoms with E-state index in [0.29, 0.717) is 0 Å². The summed E-state index contributed by atoms with van der Waals surface area (Å²) in [6, 6.07) is 0.892. The molecule has 4 nitrogen and oxygen atoms in total. The van der Waals surface area contributed by atoms with Gasteiger partial charge in [0.1, 0.15) is 0 Å².